The fourth-order valence-corrected chi connectivity index (χ4v) is 1.59. The van der Waals surface area contributed by atoms with Crippen molar-refractivity contribution < 1.29 is 14.6 Å². The van der Waals surface area contributed by atoms with E-state index in [-0.39, 0.29) is 6.61 Å². The number of aliphatic hydroxyl groups is 1. The summed E-state index contributed by atoms with van der Waals surface area (Å²) in [6, 6.07) is 8.87. The van der Waals surface area contributed by atoms with Crippen LogP contribution < -0.4 is 10.1 Å². The van der Waals surface area contributed by atoms with Gasteiger partial charge >= 0.3 is 0 Å². The molecule has 1 aromatic rings. The molecule has 0 saturated heterocycles. The van der Waals surface area contributed by atoms with E-state index in [4.69, 9.17) is 14.7 Å². The molecule has 0 aliphatic carbocycles. The summed E-state index contributed by atoms with van der Waals surface area (Å²) in [5.74, 6) is 0.652. The van der Waals surface area contributed by atoms with E-state index in [0.717, 1.165) is 26.2 Å². The van der Waals surface area contributed by atoms with E-state index in [9.17, 15) is 5.11 Å². The van der Waals surface area contributed by atoms with Gasteiger partial charge in [-0.2, -0.15) is 5.26 Å². The fraction of sp³-hybridized carbons (Fsp3) is 0.533. The van der Waals surface area contributed by atoms with Crippen molar-refractivity contribution in [1.82, 2.24) is 5.32 Å². The van der Waals surface area contributed by atoms with E-state index in [2.05, 4.69) is 5.32 Å². The highest BCUT2D eigenvalue weighted by Gasteiger charge is 2.04. The number of ether oxygens (including phenoxy) is 2. The van der Waals surface area contributed by atoms with Crippen LogP contribution in [0.3, 0.4) is 0 Å². The van der Waals surface area contributed by atoms with E-state index in [1.54, 1.807) is 24.3 Å². The molecule has 0 amide bonds. The Morgan fingerprint density at radius 3 is 2.75 bits per heavy atom. The third-order valence-electron chi connectivity index (χ3n) is 2.65. The van der Waals surface area contributed by atoms with E-state index >= 15 is 0 Å². The van der Waals surface area contributed by atoms with Crippen molar-refractivity contribution in [2.45, 2.75) is 19.4 Å². The molecule has 1 aromatic carbocycles. The quantitative estimate of drug-likeness (QED) is 0.631. The Kier molecular flexibility index (Phi) is 8.40. The third-order valence-corrected chi connectivity index (χ3v) is 2.65. The van der Waals surface area contributed by atoms with Crippen LogP contribution in [0.15, 0.2) is 24.3 Å². The highest BCUT2D eigenvalue weighted by molar-refractivity contribution is 5.34. The molecule has 5 heteroatoms. The molecule has 0 aliphatic heterocycles. The fourth-order valence-electron chi connectivity index (χ4n) is 1.59. The minimum Gasteiger partial charge on any atom is -0.491 e. The van der Waals surface area contributed by atoms with Crippen molar-refractivity contribution in [2.75, 3.05) is 32.9 Å². The summed E-state index contributed by atoms with van der Waals surface area (Å²) in [7, 11) is 0. The average Bonchev–Trinajstić information content (AvgIpc) is 2.49. The number of aliphatic hydroxyl groups excluding tert-OH is 1. The lowest BCUT2D eigenvalue weighted by Gasteiger charge is -2.13. The molecule has 110 valence electrons. The lowest BCUT2D eigenvalue weighted by Crippen LogP contribution is -2.32. The smallest absolute Gasteiger partial charge is 0.119 e. The molecular weight excluding hydrogens is 256 g/mol. The van der Waals surface area contributed by atoms with Gasteiger partial charge in [0.1, 0.15) is 18.5 Å². The molecule has 5 nitrogen and oxygen atoms in total. The summed E-state index contributed by atoms with van der Waals surface area (Å²) >= 11 is 0. The van der Waals surface area contributed by atoms with Gasteiger partial charge in [0.2, 0.25) is 0 Å². The maximum absolute atomic E-state index is 9.74. The number of nitrogens with one attached hydrogen (secondary N) is 1. The van der Waals surface area contributed by atoms with E-state index < -0.39 is 6.10 Å². The van der Waals surface area contributed by atoms with Gasteiger partial charge in [0.15, 0.2) is 0 Å². The Labute approximate surface area is 120 Å². The standard InChI is InChI=1S/C15H22N2O3/c1-2-19-9-3-8-17-11-14(18)12-20-15-6-4-13(10-16)5-7-15/h4-7,14,17-18H,2-3,8-9,11-12H2,1H3. The van der Waals surface area contributed by atoms with Gasteiger partial charge in [0, 0.05) is 19.8 Å². The van der Waals surface area contributed by atoms with Gasteiger partial charge in [-0.05, 0) is 44.2 Å². The lowest BCUT2D eigenvalue weighted by atomic mass is 10.2. The van der Waals surface area contributed by atoms with Crippen molar-refractivity contribution in [3.8, 4) is 11.8 Å². The van der Waals surface area contributed by atoms with E-state index in [1.807, 2.05) is 13.0 Å². The number of nitriles is 1. The summed E-state index contributed by atoms with van der Waals surface area (Å²) in [5, 5.41) is 21.6. The summed E-state index contributed by atoms with van der Waals surface area (Å²) in [6.45, 7) is 4.97. The molecule has 0 fully saturated rings. The van der Waals surface area contributed by atoms with Gasteiger partial charge in [0.05, 0.1) is 11.6 Å². The SMILES string of the molecule is CCOCCCNCC(O)COc1ccc(C#N)cc1. The molecule has 1 rings (SSSR count). The lowest BCUT2D eigenvalue weighted by molar-refractivity contribution is 0.104. The molecular formula is C15H22N2O3. The highest BCUT2D eigenvalue weighted by Crippen LogP contribution is 2.11. The zero-order valence-electron chi connectivity index (χ0n) is 11.8. The van der Waals surface area contributed by atoms with Crippen LogP contribution in [0, 0.1) is 11.3 Å². The zero-order valence-corrected chi connectivity index (χ0v) is 11.8. The van der Waals surface area contributed by atoms with Gasteiger partial charge in [0.25, 0.3) is 0 Å². The first-order valence-corrected chi connectivity index (χ1v) is 6.85. The predicted molar refractivity (Wildman–Crippen MR) is 76.6 cm³/mol. The molecule has 20 heavy (non-hydrogen) atoms. The van der Waals surface area contributed by atoms with Crippen molar-refractivity contribution in [3.63, 3.8) is 0 Å². The Bertz CT molecular complexity index is 401. The largest absolute Gasteiger partial charge is 0.491 e. The van der Waals surface area contributed by atoms with Gasteiger partial charge in [-0.3, -0.25) is 0 Å². The second-order valence-corrected chi connectivity index (χ2v) is 4.36. The number of rotatable bonds is 10. The van der Waals surface area contributed by atoms with Crippen LogP contribution >= 0.6 is 0 Å². The number of nitrogens with zero attached hydrogens (tertiary/aromatic N) is 1. The second kappa shape index (κ2) is 10.2. The molecule has 0 radical (unpaired) electrons. The number of hydrogen-bond donors (Lipinski definition) is 2. The van der Waals surface area contributed by atoms with Gasteiger partial charge in [-0.1, -0.05) is 0 Å². The molecule has 0 heterocycles. The average molecular weight is 278 g/mol. The van der Waals surface area contributed by atoms with Crippen LogP contribution in [0.2, 0.25) is 0 Å². The van der Waals surface area contributed by atoms with Crippen LogP contribution in [-0.4, -0.2) is 44.1 Å². The van der Waals surface area contributed by atoms with Crippen molar-refractivity contribution in [1.29, 1.82) is 5.26 Å². The number of benzene rings is 1. The number of hydrogen-bond acceptors (Lipinski definition) is 5. The second-order valence-electron chi connectivity index (χ2n) is 4.36. The van der Waals surface area contributed by atoms with Crippen LogP contribution in [-0.2, 0) is 4.74 Å². The molecule has 0 aromatic heterocycles. The maximum atomic E-state index is 9.74. The molecule has 1 unspecified atom stereocenters. The monoisotopic (exact) mass is 278 g/mol. The predicted octanol–water partition coefficient (Wildman–Crippen LogP) is 1.31. The summed E-state index contributed by atoms with van der Waals surface area (Å²) < 4.78 is 10.7. The zero-order chi connectivity index (χ0) is 14.6. The van der Waals surface area contributed by atoms with Crippen molar-refractivity contribution >= 4 is 0 Å². The molecule has 0 saturated carbocycles. The first-order chi connectivity index (χ1) is 9.76. The van der Waals surface area contributed by atoms with Crippen LogP contribution in [0.25, 0.3) is 0 Å². The third kappa shape index (κ3) is 7.10. The molecule has 0 bridgehead atoms. The summed E-state index contributed by atoms with van der Waals surface area (Å²) in [5.41, 5.74) is 0.592. The molecule has 0 spiro atoms. The van der Waals surface area contributed by atoms with Gasteiger partial charge in [-0.15, -0.1) is 0 Å². The normalized spacial score (nSPS) is 11.8. The Morgan fingerprint density at radius 1 is 1.35 bits per heavy atom. The molecule has 1 atom stereocenters. The van der Waals surface area contributed by atoms with Gasteiger partial charge < -0.3 is 19.9 Å². The van der Waals surface area contributed by atoms with Crippen LogP contribution in [0.4, 0.5) is 0 Å². The topological polar surface area (TPSA) is 74.5 Å². The molecule has 2 N–H and O–H groups in total. The first-order valence-electron chi connectivity index (χ1n) is 6.85. The minimum atomic E-state index is -0.558. The first kappa shape index (κ1) is 16.4. The van der Waals surface area contributed by atoms with E-state index in [0.29, 0.717) is 17.9 Å². The minimum absolute atomic E-state index is 0.227. The van der Waals surface area contributed by atoms with Gasteiger partial charge in [-0.25, -0.2) is 0 Å². The van der Waals surface area contributed by atoms with Crippen molar-refractivity contribution in [3.05, 3.63) is 29.8 Å². The van der Waals surface area contributed by atoms with Crippen LogP contribution in [0.5, 0.6) is 5.75 Å². The molecule has 0 aliphatic rings. The Balaban J connectivity index is 2.10. The maximum Gasteiger partial charge on any atom is 0.119 e. The van der Waals surface area contributed by atoms with Crippen molar-refractivity contribution in [2.24, 2.45) is 0 Å². The Morgan fingerprint density at radius 2 is 2.10 bits per heavy atom. The summed E-state index contributed by atoms with van der Waals surface area (Å²) in [6.07, 6.45) is 0.370. The van der Waals surface area contributed by atoms with Crippen LogP contribution in [0.1, 0.15) is 18.9 Å². The highest BCUT2D eigenvalue weighted by atomic mass is 16.5. The Hall–Kier alpha value is -1.61. The van der Waals surface area contributed by atoms with E-state index in [1.165, 1.54) is 0 Å². The summed E-state index contributed by atoms with van der Waals surface area (Å²) in [4.78, 5) is 0.